The molecule has 0 radical (unpaired) electrons. The van der Waals surface area contributed by atoms with Crippen LogP contribution in [0, 0.1) is 5.41 Å². The van der Waals surface area contributed by atoms with Crippen molar-refractivity contribution in [1.29, 1.82) is 0 Å². The summed E-state index contributed by atoms with van der Waals surface area (Å²) in [4.78, 5) is 35.5. The van der Waals surface area contributed by atoms with Crippen molar-refractivity contribution in [2.24, 2.45) is 5.41 Å². The summed E-state index contributed by atoms with van der Waals surface area (Å²) in [6.07, 6.45) is 0.617. The van der Waals surface area contributed by atoms with Crippen LogP contribution in [0.2, 0.25) is 0 Å². The van der Waals surface area contributed by atoms with Crippen molar-refractivity contribution < 1.29 is 19.1 Å². The second-order valence-corrected chi connectivity index (χ2v) is 4.02. The van der Waals surface area contributed by atoms with E-state index >= 15 is 0 Å². The molecular formula is C12H16O4. The van der Waals surface area contributed by atoms with E-state index < -0.39 is 23.0 Å². The van der Waals surface area contributed by atoms with Gasteiger partial charge in [-0.3, -0.25) is 14.4 Å². The molecular weight excluding hydrogens is 208 g/mol. The van der Waals surface area contributed by atoms with Gasteiger partial charge in [0.15, 0.2) is 17.0 Å². The highest BCUT2D eigenvalue weighted by atomic mass is 16.5. The van der Waals surface area contributed by atoms with Gasteiger partial charge in [-0.25, -0.2) is 0 Å². The minimum Gasteiger partial charge on any atom is -0.430 e. The van der Waals surface area contributed by atoms with Gasteiger partial charge in [-0.15, -0.1) is 0 Å². The molecule has 0 N–H and O–H groups in total. The number of hydrogen-bond acceptors (Lipinski definition) is 4. The lowest BCUT2D eigenvalue weighted by Crippen LogP contribution is -2.48. The zero-order valence-electron chi connectivity index (χ0n) is 10.0. The third-order valence-corrected chi connectivity index (χ3v) is 3.04. The molecule has 1 aliphatic rings. The van der Waals surface area contributed by atoms with Crippen molar-refractivity contribution in [2.75, 3.05) is 0 Å². The smallest absolute Gasteiger partial charge is 0.332 e. The first-order valence-corrected chi connectivity index (χ1v) is 5.39. The summed E-state index contributed by atoms with van der Waals surface area (Å²) in [5, 5.41) is 0. The van der Waals surface area contributed by atoms with E-state index in [0.717, 1.165) is 0 Å². The maximum absolute atomic E-state index is 12.0. The molecule has 0 aliphatic carbocycles. The highest BCUT2D eigenvalue weighted by Gasteiger charge is 2.52. The van der Waals surface area contributed by atoms with E-state index in [1.165, 1.54) is 6.92 Å². The fraction of sp³-hybridized carbons (Fsp3) is 0.583. The van der Waals surface area contributed by atoms with Crippen LogP contribution in [0.5, 0.6) is 0 Å². The molecule has 4 nitrogen and oxygen atoms in total. The first-order valence-electron chi connectivity index (χ1n) is 5.39. The minimum absolute atomic E-state index is 0.145. The molecule has 1 atom stereocenters. The van der Waals surface area contributed by atoms with Gasteiger partial charge >= 0.3 is 5.97 Å². The van der Waals surface area contributed by atoms with Crippen molar-refractivity contribution in [3.05, 3.63) is 11.3 Å². The molecule has 1 aliphatic heterocycles. The number of ether oxygens (including phenoxy) is 1. The van der Waals surface area contributed by atoms with Gasteiger partial charge in [0.1, 0.15) is 5.76 Å². The summed E-state index contributed by atoms with van der Waals surface area (Å²) in [7, 11) is 0. The van der Waals surface area contributed by atoms with Gasteiger partial charge in [0.05, 0.1) is 0 Å². The molecule has 16 heavy (non-hydrogen) atoms. The number of carbonyl (C=O) groups is 3. The number of allylic oxidation sites excluding steroid dienone is 2. The van der Waals surface area contributed by atoms with E-state index in [2.05, 4.69) is 0 Å². The summed E-state index contributed by atoms with van der Waals surface area (Å²) in [5.74, 6) is -1.19. The second kappa shape index (κ2) is 4.20. The van der Waals surface area contributed by atoms with Crippen LogP contribution >= 0.6 is 0 Å². The van der Waals surface area contributed by atoms with E-state index in [0.29, 0.717) is 17.8 Å². The van der Waals surface area contributed by atoms with E-state index in [4.69, 9.17) is 4.74 Å². The van der Waals surface area contributed by atoms with Gasteiger partial charge in [0, 0.05) is 18.4 Å². The Kier molecular flexibility index (Phi) is 3.31. The largest absolute Gasteiger partial charge is 0.430 e. The summed E-state index contributed by atoms with van der Waals surface area (Å²) in [6, 6.07) is 0. The molecule has 88 valence electrons. The van der Waals surface area contributed by atoms with Crippen LogP contribution in [0.1, 0.15) is 40.5 Å². The Morgan fingerprint density at radius 2 is 1.88 bits per heavy atom. The average molecular weight is 224 g/mol. The Bertz CT molecular complexity index is 392. The van der Waals surface area contributed by atoms with Gasteiger partial charge < -0.3 is 4.74 Å². The molecule has 1 rings (SSSR count). The predicted molar refractivity (Wildman–Crippen MR) is 57.5 cm³/mol. The van der Waals surface area contributed by atoms with Crippen LogP contribution < -0.4 is 0 Å². The molecule has 0 saturated carbocycles. The van der Waals surface area contributed by atoms with Crippen molar-refractivity contribution >= 4 is 17.5 Å². The van der Waals surface area contributed by atoms with Gasteiger partial charge in [-0.2, -0.15) is 0 Å². The van der Waals surface area contributed by atoms with Crippen LogP contribution in [0.3, 0.4) is 0 Å². The van der Waals surface area contributed by atoms with Crippen LogP contribution in [-0.4, -0.2) is 17.5 Å². The molecule has 4 heteroatoms. The number of carbonyl (C=O) groups excluding carboxylic acids is 3. The quantitative estimate of drug-likeness (QED) is 0.541. The van der Waals surface area contributed by atoms with Crippen molar-refractivity contribution in [1.82, 2.24) is 0 Å². The second-order valence-electron chi connectivity index (χ2n) is 4.02. The third kappa shape index (κ3) is 1.58. The Labute approximate surface area is 94.7 Å². The standard InChI is InChI=1S/C12H16O4/c1-5-8-7(3)10(14)12(4,9(13)6-2)11(15)16-8/h5-6H2,1-4H3. The third-order valence-electron chi connectivity index (χ3n) is 3.04. The SMILES string of the molecule is CCC(=O)C1(C)C(=O)OC(CC)=C(C)C1=O. The Morgan fingerprint density at radius 1 is 1.31 bits per heavy atom. The Balaban J connectivity index is 3.27. The van der Waals surface area contributed by atoms with Crippen LogP contribution in [-0.2, 0) is 19.1 Å². The molecule has 1 unspecified atom stereocenters. The Hall–Kier alpha value is -1.45. The molecule has 0 amide bonds. The highest BCUT2D eigenvalue weighted by molar-refractivity contribution is 6.27. The van der Waals surface area contributed by atoms with E-state index in [1.807, 2.05) is 0 Å². The molecule has 0 aromatic rings. The molecule has 0 bridgehead atoms. The topological polar surface area (TPSA) is 60.4 Å². The molecule has 0 spiro atoms. The van der Waals surface area contributed by atoms with Gasteiger partial charge in [0.25, 0.3) is 0 Å². The summed E-state index contributed by atoms with van der Waals surface area (Å²) >= 11 is 0. The van der Waals surface area contributed by atoms with Gasteiger partial charge in [-0.1, -0.05) is 13.8 Å². The summed E-state index contributed by atoms with van der Waals surface area (Å²) < 4.78 is 5.06. The van der Waals surface area contributed by atoms with E-state index in [1.54, 1.807) is 20.8 Å². The lowest BCUT2D eigenvalue weighted by atomic mass is 9.76. The molecule has 0 aromatic carbocycles. The monoisotopic (exact) mass is 224 g/mol. The number of rotatable bonds is 3. The number of ketones is 2. The number of Topliss-reactive ketones (excluding diaryl/α,β-unsaturated/α-hetero) is 2. The van der Waals surface area contributed by atoms with E-state index in [-0.39, 0.29) is 6.42 Å². The number of esters is 1. The van der Waals surface area contributed by atoms with Crippen molar-refractivity contribution in [3.63, 3.8) is 0 Å². The first-order chi connectivity index (χ1) is 7.39. The van der Waals surface area contributed by atoms with Gasteiger partial charge in [-0.05, 0) is 13.8 Å². The van der Waals surface area contributed by atoms with Crippen molar-refractivity contribution in [3.8, 4) is 0 Å². The maximum Gasteiger partial charge on any atom is 0.332 e. The summed E-state index contributed by atoms with van der Waals surface area (Å²) in [6.45, 7) is 6.36. The van der Waals surface area contributed by atoms with Crippen LogP contribution in [0.25, 0.3) is 0 Å². The van der Waals surface area contributed by atoms with E-state index in [9.17, 15) is 14.4 Å². The van der Waals surface area contributed by atoms with Gasteiger partial charge in [0.2, 0.25) is 0 Å². The zero-order valence-corrected chi connectivity index (χ0v) is 10.0. The molecule has 1 heterocycles. The highest BCUT2D eigenvalue weighted by Crippen LogP contribution is 2.34. The predicted octanol–water partition coefficient (Wildman–Crippen LogP) is 1.78. The normalized spacial score (nSPS) is 25.8. The molecule has 0 fully saturated rings. The maximum atomic E-state index is 12.0. The first kappa shape index (κ1) is 12.6. The molecule has 0 saturated heterocycles. The van der Waals surface area contributed by atoms with Crippen LogP contribution in [0.15, 0.2) is 11.3 Å². The lowest BCUT2D eigenvalue weighted by molar-refractivity contribution is -0.161. The molecule has 0 aromatic heterocycles. The minimum atomic E-state index is -1.64. The Morgan fingerprint density at radius 3 is 2.31 bits per heavy atom. The lowest BCUT2D eigenvalue weighted by Gasteiger charge is -2.30. The summed E-state index contributed by atoms with van der Waals surface area (Å²) in [5.41, 5.74) is -1.26. The average Bonchev–Trinajstić information content (AvgIpc) is 2.29. The van der Waals surface area contributed by atoms with Crippen LogP contribution in [0.4, 0.5) is 0 Å². The number of cyclic esters (lactones) is 1. The zero-order chi connectivity index (χ0) is 12.5. The fourth-order valence-electron chi connectivity index (χ4n) is 1.82. The fourth-order valence-corrected chi connectivity index (χ4v) is 1.82. The van der Waals surface area contributed by atoms with Crippen molar-refractivity contribution in [2.45, 2.75) is 40.5 Å². The number of hydrogen-bond donors (Lipinski definition) is 0.